The Morgan fingerprint density at radius 2 is 1.88 bits per heavy atom. The SMILES string of the molecule is CO[Si](C)(CCCN1CCC[Si]1(C)OC)OC. The smallest absolute Gasteiger partial charge is 0.334 e. The van der Waals surface area contributed by atoms with Crippen LogP contribution >= 0.6 is 0 Å². The van der Waals surface area contributed by atoms with Crippen molar-refractivity contribution in [3.63, 3.8) is 0 Å². The first-order chi connectivity index (χ1) is 7.99. The molecule has 0 bridgehead atoms. The molecule has 0 radical (unpaired) electrons. The van der Waals surface area contributed by atoms with Crippen LogP contribution in [0.1, 0.15) is 12.8 Å². The van der Waals surface area contributed by atoms with E-state index in [1.54, 1.807) is 14.2 Å². The molecule has 0 amide bonds. The quantitative estimate of drug-likeness (QED) is 0.667. The van der Waals surface area contributed by atoms with Crippen LogP contribution in [0.4, 0.5) is 0 Å². The van der Waals surface area contributed by atoms with E-state index in [9.17, 15) is 0 Å². The summed E-state index contributed by atoms with van der Waals surface area (Å²) >= 11 is 0. The highest BCUT2D eigenvalue weighted by molar-refractivity contribution is 6.70. The Morgan fingerprint density at radius 3 is 2.41 bits per heavy atom. The van der Waals surface area contributed by atoms with Crippen molar-refractivity contribution in [3.05, 3.63) is 0 Å². The number of hydrogen-bond acceptors (Lipinski definition) is 4. The van der Waals surface area contributed by atoms with Crippen LogP contribution < -0.4 is 0 Å². The highest BCUT2D eigenvalue weighted by atomic mass is 28.4. The van der Waals surface area contributed by atoms with Crippen LogP contribution in [0, 0.1) is 0 Å². The van der Waals surface area contributed by atoms with Crippen molar-refractivity contribution in [2.75, 3.05) is 34.4 Å². The fraction of sp³-hybridized carbons (Fsp3) is 1.00. The lowest BCUT2D eigenvalue weighted by Gasteiger charge is -2.32. The van der Waals surface area contributed by atoms with Crippen LogP contribution in [0.2, 0.25) is 25.2 Å². The van der Waals surface area contributed by atoms with Crippen LogP contribution in [0.5, 0.6) is 0 Å². The summed E-state index contributed by atoms with van der Waals surface area (Å²) < 4.78 is 19.4. The lowest BCUT2D eigenvalue weighted by Crippen LogP contribution is -2.49. The number of nitrogens with zero attached hydrogens (tertiary/aromatic N) is 1. The normalized spacial score (nSPS) is 26.6. The predicted octanol–water partition coefficient (Wildman–Crippen LogP) is 2.17. The minimum atomic E-state index is -1.88. The van der Waals surface area contributed by atoms with Crippen molar-refractivity contribution in [3.8, 4) is 0 Å². The Balaban J connectivity index is 2.36. The Hall–Kier alpha value is 0.274. The molecule has 102 valence electrons. The van der Waals surface area contributed by atoms with Gasteiger partial charge in [-0.2, -0.15) is 0 Å². The van der Waals surface area contributed by atoms with Gasteiger partial charge in [0.25, 0.3) is 8.48 Å². The molecule has 1 unspecified atom stereocenters. The topological polar surface area (TPSA) is 30.9 Å². The molecule has 1 rings (SSSR count). The van der Waals surface area contributed by atoms with Crippen molar-refractivity contribution in [2.45, 2.75) is 38.0 Å². The molecule has 0 aliphatic carbocycles. The first-order valence-electron chi connectivity index (χ1n) is 6.40. The summed E-state index contributed by atoms with van der Waals surface area (Å²) in [6.07, 6.45) is 2.44. The second kappa shape index (κ2) is 6.44. The minimum Gasteiger partial charge on any atom is -0.406 e. The predicted molar refractivity (Wildman–Crippen MR) is 74.7 cm³/mol. The van der Waals surface area contributed by atoms with Gasteiger partial charge in [-0.25, -0.2) is 0 Å². The van der Waals surface area contributed by atoms with Crippen LogP contribution in [-0.2, 0) is 13.3 Å². The van der Waals surface area contributed by atoms with Crippen molar-refractivity contribution < 1.29 is 13.3 Å². The zero-order chi connectivity index (χ0) is 12.9. The van der Waals surface area contributed by atoms with Crippen molar-refractivity contribution in [1.82, 2.24) is 4.57 Å². The van der Waals surface area contributed by atoms with Crippen LogP contribution in [0.3, 0.4) is 0 Å². The van der Waals surface area contributed by atoms with Crippen LogP contribution in [0.25, 0.3) is 0 Å². The molecule has 0 aromatic heterocycles. The van der Waals surface area contributed by atoms with Gasteiger partial charge in [0.1, 0.15) is 0 Å². The first-order valence-corrected chi connectivity index (χ1v) is 11.5. The summed E-state index contributed by atoms with van der Waals surface area (Å²) in [5.41, 5.74) is 0. The Kier molecular flexibility index (Phi) is 5.81. The summed E-state index contributed by atoms with van der Waals surface area (Å²) in [5.74, 6) is 0. The molecule has 0 spiro atoms. The largest absolute Gasteiger partial charge is 0.406 e. The van der Waals surface area contributed by atoms with Crippen molar-refractivity contribution in [1.29, 1.82) is 0 Å². The molecule has 1 fully saturated rings. The molecular formula is C11H27NO3Si2. The molecule has 17 heavy (non-hydrogen) atoms. The molecule has 1 aliphatic heterocycles. The van der Waals surface area contributed by atoms with Crippen molar-refractivity contribution in [2.24, 2.45) is 0 Å². The maximum Gasteiger partial charge on any atom is 0.334 e. The van der Waals surface area contributed by atoms with E-state index in [-0.39, 0.29) is 0 Å². The monoisotopic (exact) mass is 277 g/mol. The van der Waals surface area contributed by atoms with E-state index >= 15 is 0 Å². The molecule has 1 heterocycles. The molecule has 0 aromatic carbocycles. The van der Waals surface area contributed by atoms with Gasteiger partial charge in [-0.05, 0) is 51.1 Å². The van der Waals surface area contributed by atoms with Gasteiger partial charge in [0.2, 0.25) is 0 Å². The molecule has 4 nitrogen and oxygen atoms in total. The van der Waals surface area contributed by atoms with Gasteiger partial charge in [0.05, 0.1) is 0 Å². The third-order valence-corrected chi connectivity index (χ3v) is 11.0. The van der Waals surface area contributed by atoms with Gasteiger partial charge in [0, 0.05) is 21.3 Å². The second-order valence-electron chi connectivity index (χ2n) is 5.12. The lowest BCUT2D eigenvalue weighted by atomic mass is 10.4. The van der Waals surface area contributed by atoms with Gasteiger partial charge in [-0.15, -0.1) is 0 Å². The van der Waals surface area contributed by atoms with E-state index in [2.05, 4.69) is 17.7 Å². The van der Waals surface area contributed by atoms with Gasteiger partial charge < -0.3 is 17.8 Å². The second-order valence-corrected chi connectivity index (χ2v) is 12.6. The highest BCUT2D eigenvalue weighted by Crippen LogP contribution is 2.27. The minimum absolute atomic E-state index is 1.06. The molecular weight excluding hydrogens is 250 g/mol. The van der Waals surface area contributed by atoms with E-state index in [0.717, 1.165) is 19.0 Å². The lowest BCUT2D eigenvalue weighted by molar-refractivity contribution is 0.245. The van der Waals surface area contributed by atoms with Crippen molar-refractivity contribution >= 4 is 17.0 Å². The molecule has 0 aromatic rings. The fourth-order valence-corrected chi connectivity index (χ4v) is 6.68. The molecule has 1 saturated heterocycles. The van der Waals surface area contributed by atoms with Gasteiger partial charge in [-0.3, -0.25) is 0 Å². The summed E-state index contributed by atoms with van der Waals surface area (Å²) in [6.45, 7) is 6.79. The Labute approximate surface area is 108 Å². The van der Waals surface area contributed by atoms with Crippen LogP contribution in [0.15, 0.2) is 0 Å². The summed E-state index contributed by atoms with van der Waals surface area (Å²) in [5, 5.41) is 0. The molecule has 1 aliphatic rings. The van der Waals surface area contributed by atoms with Crippen LogP contribution in [-0.4, -0.2) is 56.0 Å². The zero-order valence-electron chi connectivity index (χ0n) is 11.9. The summed E-state index contributed by atoms with van der Waals surface area (Å²) in [7, 11) is 1.98. The Morgan fingerprint density at radius 1 is 1.24 bits per heavy atom. The third kappa shape index (κ3) is 3.87. The maximum atomic E-state index is 5.76. The van der Waals surface area contributed by atoms with E-state index in [1.165, 1.54) is 19.0 Å². The number of rotatable bonds is 7. The van der Waals surface area contributed by atoms with Gasteiger partial charge in [-0.1, -0.05) is 0 Å². The first kappa shape index (κ1) is 15.3. The van der Waals surface area contributed by atoms with E-state index in [1.807, 2.05) is 7.11 Å². The summed E-state index contributed by atoms with van der Waals surface area (Å²) in [6, 6.07) is 2.33. The summed E-state index contributed by atoms with van der Waals surface area (Å²) in [4.78, 5) is 0. The van der Waals surface area contributed by atoms with E-state index in [0.29, 0.717) is 0 Å². The standard InChI is InChI=1S/C11H27NO3Si2/c1-13-16(4)10-6-8-12(16)9-7-11-17(5,14-2)15-3/h6-11H2,1-5H3. The maximum absolute atomic E-state index is 5.76. The molecule has 1 atom stereocenters. The van der Waals surface area contributed by atoms with E-state index in [4.69, 9.17) is 13.3 Å². The average Bonchev–Trinajstić information content (AvgIpc) is 2.71. The molecule has 0 saturated carbocycles. The van der Waals surface area contributed by atoms with Gasteiger partial charge in [0.15, 0.2) is 0 Å². The number of hydrogen-bond donors (Lipinski definition) is 0. The Bertz CT molecular complexity index is 239. The highest BCUT2D eigenvalue weighted by Gasteiger charge is 2.40. The third-order valence-electron chi connectivity index (χ3n) is 4.10. The van der Waals surface area contributed by atoms with E-state index < -0.39 is 17.0 Å². The van der Waals surface area contributed by atoms with Gasteiger partial charge >= 0.3 is 8.56 Å². The average molecular weight is 278 g/mol. The fourth-order valence-electron chi connectivity index (χ4n) is 2.45. The molecule has 6 heteroatoms. The zero-order valence-corrected chi connectivity index (χ0v) is 13.9. The molecule has 0 N–H and O–H groups in total.